The van der Waals surface area contributed by atoms with Gasteiger partial charge >= 0.3 is 0 Å². The van der Waals surface area contributed by atoms with E-state index in [1.807, 2.05) is 35.2 Å². The fourth-order valence-corrected chi connectivity index (χ4v) is 5.07. The predicted octanol–water partition coefficient (Wildman–Crippen LogP) is 7.08. The number of thiophene rings is 1. The van der Waals surface area contributed by atoms with Crippen molar-refractivity contribution < 1.29 is 9.59 Å². The zero-order valence-corrected chi connectivity index (χ0v) is 22.1. The first-order valence-electron chi connectivity index (χ1n) is 11.4. The molecule has 180 valence electrons. The van der Waals surface area contributed by atoms with Gasteiger partial charge in [-0.15, -0.1) is 11.3 Å². The number of carbonyl (C=O) groups excluding carboxylic acids is 2. The zero-order chi connectivity index (χ0) is 24.7. The van der Waals surface area contributed by atoms with E-state index in [1.165, 1.54) is 4.88 Å². The first-order valence-corrected chi connectivity index (χ1v) is 12.9. The van der Waals surface area contributed by atoms with Crippen molar-refractivity contribution in [3.8, 4) is 0 Å². The summed E-state index contributed by atoms with van der Waals surface area (Å²) in [6.45, 7) is 7.65. The number of hydrogen-bond acceptors (Lipinski definition) is 3. The summed E-state index contributed by atoms with van der Waals surface area (Å²) in [6, 6.07) is 18.8. The summed E-state index contributed by atoms with van der Waals surface area (Å²) < 4.78 is 0. The van der Waals surface area contributed by atoms with Gasteiger partial charge in [0, 0.05) is 38.5 Å². The van der Waals surface area contributed by atoms with Crippen LogP contribution in [0, 0.1) is 12.8 Å². The summed E-state index contributed by atoms with van der Waals surface area (Å²) in [4.78, 5) is 32.8. The SMILES string of the molecule is CCC(C)CN(CC(=O)N(Cc1ccccc1)Cc1ccc(C)s1)C(=O)c1cc(Cl)cc(Cl)c1. The second-order valence-corrected chi connectivity index (χ2v) is 10.9. The minimum Gasteiger partial charge on any atom is -0.332 e. The number of hydrogen-bond donors (Lipinski definition) is 0. The van der Waals surface area contributed by atoms with Crippen molar-refractivity contribution in [2.24, 2.45) is 5.92 Å². The number of halogens is 2. The number of rotatable bonds is 10. The lowest BCUT2D eigenvalue weighted by Crippen LogP contribution is -2.44. The zero-order valence-electron chi connectivity index (χ0n) is 19.8. The first kappa shape index (κ1) is 26.3. The van der Waals surface area contributed by atoms with E-state index in [1.54, 1.807) is 34.4 Å². The summed E-state index contributed by atoms with van der Waals surface area (Å²) >= 11 is 14.0. The lowest BCUT2D eigenvalue weighted by atomic mass is 10.1. The quantitative estimate of drug-likeness (QED) is 0.288. The molecule has 34 heavy (non-hydrogen) atoms. The molecule has 0 aliphatic carbocycles. The highest BCUT2D eigenvalue weighted by Crippen LogP contribution is 2.22. The van der Waals surface area contributed by atoms with E-state index in [0.29, 0.717) is 35.2 Å². The van der Waals surface area contributed by atoms with Crippen LogP contribution in [0.1, 0.15) is 45.9 Å². The largest absolute Gasteiger partial charge is 0.332 e. The van der Waals surface area contributed by atoms with Crippen LogP contribution in [0.15, 0.2) is 60.7 Å². The van der Waals surface area contributed by atoms with E-state index in [2.05, 4.69) is 32.9 Å². The molecule has 2 amide bonds. The van der Waals surface area contributed by atoms with Gasteiger partial charge in [-0.05, 0) is 48.7 Å². The fourth-order valence-electron chi connectivity index (χ4n) is 3.64. The summed E-state index contributed by atoms with van der Waals surface area (Å²) in [7, 11) is 0. The van der Waals surface area contributed by atoms with Crippen molar-refractivity contribution in [2.45, 2.75) is 40.3 Å². The lowest BCUT2D eigenvalue weighted by Gasteiger charge is -2.29. The molecule has 0 aliphatic heterocycles. The van der Waals surface area contributed by atoms with Crippen LogP contribution in [0.5, 0.6) is 0 Å². The Kier molecular flexibility index (Phi) is 9.57. The molecule has 0 fully saturated rings. The van der Waals surface area contributed by atoms with Crippen molar-refractivity contribution in [1.29, 1.82) is 0 Å². The van der Waals surface area contributed by atoms with Gasteiger partial charge in [-0.1, -0.05) is 73.8 Å². The van der Waals surface area contributed by atoms with Crippen LogP contribution in [0.3, 0.4) is 0 Å². The molecule has 7 heteroatoms. The smallest absolute Gasteiger partial charge is 0.254 e. The van der Waals surface area contributed by atoms with Crippen LogP contribution in [0.25, 0.3) is 0 Å². The van der Waals surface area contributed by atoms with Gasteiger partial charge in [-0.3, -0.25) is 9.59 Å². The standard InChI is InChI=1S/C27H30Cl2N2O2S/c1-4-19(2)15-31(27(33)22-12-23(28)14-24(29)13-22)18-26(32)30(16-21-8-6-5-7-9-21)17-25-11-10-20(3)34-25/h5-14,19H,4,15-18H2,1-3H3. The Morgan fingerprint density at radius 1 is 0.941 bits per heavy atom. The molecular weight excluding hydrogens is 487 g/mol. The van der Waals surface area contributed by atoms with Gasteiger partial charge < -0.3 is 9.80 Å². The Morgan fingerprint density at radius 2 is 1.62 bits per heavy atom. The molecule has 0 saturated carbocycles. The summed E-state index contributed by atoms with van der Waals surface area (Å²) in [5.74, 6) is -0.0988. The summed E-state index contributed by atoms with van der Waals surface area (Å²) in [6.07, 6.45) is 0.899. The van der Waals surface area contributed by atoms with Gasteiger partial charge in [0.1, 0.15) is 6.54 Å². The van der Waals surface area contributed by atoms with Crippen molar-refractivity contribution in [3.63, 3.8) is 0 Å². The van der Waals surface area contributed by atoms with E-state index in [9.17, 15) is 9.59 Å². The molecule has 0 N–H and O–H groups in total. The van der Waals surface area contributed by atoms with Gasteiger partial charge in [0.2, 0.25) is 5.91 Å². The van der Waals surface area contributed by atoms with Crippen molar-refractivity contribution in [2.75, 3.05) is 13.1 Å². The van der Waals surface area contributed by atoms with Crippen molar-refractivity contribution in [1.82, 2.24) is 9.80 Å². The van der Waals surface area contributed by atoms with Gasteiger partial charge in [0.05, 0.1) is 6.54 Å². The van der Waals surface area contributed by atoms with Crippen molar-refractivity contribution >= 4 is 46.4 Å². The molecule has 2 aromatic carbocycles. The average Bonchev–Trinajstić information content (AvgIpc) is 3.22. The van der Waals surface area contributed by atoms with E-state index in [-0.39, 0.29) is 24.3 Å². The molecule has 3 aromatic rings. The first-order chi connectivity index (χ1) is 16.2. The second-order valence-electron chi connectivity index (χ2n) is 8.60. The highest BCUT2D eigenvalue weighted by molar-refractivity contribution is 7.11. The molecule has 1 atom stereocenters. The number of benzene rings is 2. The van der Waals surface area contributed by atoms with Gasteiger partial charge in [-0.2, -0.15) is 0 Å². The lowest BCUT2D eigenvalue weighted by molar-refractivity contribution is -0.133. The Hall–Kier alpha value is -2.34. The van der Waals surface area contributed by atoms with E-state index in [0.717, 1.165) is 16.9 Å². The molecule has 0 aliphatic rings. The predicted molar refractivity (Wildman–Crippen MR) is 142 cm³/mol. The molecule has 4 nitrogen and oxygen atoms in total. The van der Waals surface area contributed by atoms with E-state index >= 15 is 0 Å². The van der Waals surface area contributed by atoms with Gasteiger partial charge in [0.15, 0.2) is 0 Å². The van der Waals surface area contributed by atoms with Crippen molar-refractivity contribution in [3.05, 3.63) is 91.6 Å². The maximum atomic E-state index is 13.6. The van der Waals surface area contributed by atoms with Crippen LogP contribution < -0.4 is 0 Å². The molecule has 1 aromatic heterocycles. The Bertz CT molecular complexity index is 1100. The van der Waals surface area contributed by atoms with Crippen LogP contribution in [0.4, 0.5) is 0 Å². The Morgan fingerprint density at radius 3 is 2.21 bits per heavy atom. The maximum absolute atomic E-state index is 13.6. The summed E-state index contributed by atoms with van der Waals surface area (Å²) in [5, 5.41) is 0.786. The van der Waals surface area contributed by atoms with Crippen LogP contribution in [-0.2, 0) is 17.9 Å². The molecule has 0 bridgehead atoms. The second kappa shape index (κ2) is 12.4. The summed E-state index contributed by atoms with van der Waals surface area (Å²) in [5.41, 5.74) is 1.43. The van der Waals surface area contributed by atoms with E-state index in [4.69, 9.17) is 23.2 Å². The minimum atomic E-state index is -0.246. The molecule has 0 radical (unpaired) electrons. The van der Waals surface area contributed by atoms with Gasteiger partial charge in [0.25, 0.3) is 5.91 Å². The number of nitrogens with zero attached hydrogens (tertiary/aromatic N) is 2. The third-order valence-corrected chi connectivity index (χ3v) is 7.09. The third kappa shape index (κ3) is 7.59. The molecule has 3 rings (SSSR count). The molecule has 1 heterocycles. The van der Waals surface area contributed by atoms with Crippen LogP contribution in [-0.4, -0.2) is 34.7 Å². The molecule has 1 unspecified atom stereocenters. The molecular formula is C27H30Cl2N2O2S. The Balaban J connectivity index is 1.85. The Labute approximate surface area is 216 Å². The van der Waals surface area contributed by atoms with Crippen LogP contribution >= 0.6 is 34.5 Å². The number of aryl methyl sites for hydroxylation is 1. The van der Waals surface area contributed by atoms with Gasteiger partial charge in [-0.25, -0.2) is 0 Å². The normalized spacial score (nSPS) is 11.8. The third-order valence-electron chi connectivity index (χ3n) is 5.66. The fraction of sp³-hybridized carbons (Fsp3) is 0.333. The highest BCUT2D eigenvalue weighted by atomic mass is 35.5. The monoisotopic (exact) mass is 516 g/mol. The van der Waals surface area contributed by atoms with Crippen LogP contribution in [0.2, 0.25) is 10.0 Å². The van der Waals surface area contributed by atoms with E-state index < -0.39 is 0 Å². The molecule has 0 saturated heterocycles. The molecule has 0 spiro atoms. The average molecular weight is 518 g/mol. The minimum absolute atomic E-state index is 0.00943. The number of amides is 2. The highest BCUT2D eigenvalue weighted by Gasteiger charge is 2.25. The maximum Gasteiger partial charge on any atom is 0.254 e. The topological polar surface area (TPSA) is 40.6 Å². The number of carbonyl (C=O) groups is 2.